The van der Waals surface area contributed by atoms with E-state index in [-0.39, 0.29) is 19.4 Å². The van der Waals surface area contributed by atoms with Crippen LogP contribution in [0.4, 0.5) is 8.78 Å². The topological polar surface area (TPSA) is 89.4 Å². The number of carbonyl (C=O) groups excluding carboxylic acids is 2. The van der Waals surface area contributed by atoms with E-state index in [1.807, 2.05) is 0 Å². The number of primary amides is 1. The number of halogens is 2. The normalized spacial score (nSPS) is 25.3. The van der Waals surface area contributed by atoms with Crippen molar-refractivity contribution < 1.29 is 18.4 Å². The third-order valence-electron chi connectivity index (χ3n) is 3.74. The molecule has 0 aromatic rings. The fourth-order valence-corrected chi connectivity index (χ4v) is 2.18. The molecule has 1 aliphatic rings. The third-order valence-corrected chi connectivity index (χ3v) is 3.74. The van der Waals surface area contributed by atoms with E-state index < -0.39 is 35.7 Å². The molecule has 0 aromatic heterocycles. The molecule has 0 spiro atoms. The van der Waals surface area contributed by atoms with E-state index in [1.54, 1.807) is 6.92 Å². The van der Waals surface area contributed by atoms with E-state index in [0.717, 1.165) is 4.90 Å². The van der Waals surface area contributed by atoms with Crippen molar-refractivity contribution in [3.8, 4) is 0 Å². The minimum Gasteiger partial charge on any atom is -0.366 e. The largest absolute Gasteiger partial charge is 0.366 e. The Labute approximate surface area is 104 Å². The van der Waals surface area contributed by atoms with Crippen LogP contribution >= 0.6 is 0 Å². The van der Waals surface area contributed by atoms with E-state index in [4.69, 9.17) is 11.5 Å². The second-order valence-corrected chi connectivity index (χ2v) is 4.80. The van der Waals surface area contributed by atoms with Crippen LogP contribution in [0.3, 0.4) is 0 Å². The molecule has 5 nitrogen and oxygen atoms in total. The zero-order valence-electron chi connectivity index (χ0n) is 10.5. The van der Waals surface area contributed by atoms with Gasteiger partial charge in [0.05, 0.1) is 0 Å². The molecule has 7 heteroatoms. The van der Waals surface area contributed by atoms with Gasteiger partial charge in [-0.25, -0.2) is 8.78 Å². The quantitative estimate of drug-likeness (QED) is 0.747. The third kappa shape index (κ3) is 2.45. The van der Waals surface area contributed by atoms with Crippen molar-refractivity contribution in [3.05, 3.63) is 0 Å². The second kappa shape index (κ2) is 5.17. The standard InChI is InChI=1S/C11H19F2N3O2/c1-3-11(15,10(14)18)16-5-7(4-8(16)17)6(2)9(12)13/h6-7,9H,3-5,15H2,1-2H3,(H2,14,18). The fraction of sp³-hybridized carbons (Fsp3) is 0.818. The Morgan fingerprint density at radius 2 is 2.17 bits per heavy atom. The molecule has 0 radical (unpaired) electrons. The Balaban J connectivity index is 2.88. The molecule has 1 rings (SSSR count). The van der Waals surface area contributed by atoms with E-state index in [1.165, 1.54) is 6.92 Å². The van der Waals surface area contributed by atoms with E-state index in [9.17, 15) is 18.4 Å². The summed E-state index contributed by atoms with van der Waals surface area (Å²) >= 11 is 0. The summed E-state index contributed by atoms with van der Waals surface area (Å²) in [5, 5.41) is 0. The summed E-state index contributed by atoms with van der Waals surface area (Å²) in [4.78, 5) is 24.3. The number of alkyl halides is 2. The number of likely N-dealkylation sites (tertiary alicyclic amines) is 1. The van der Waals surface area contributed by atoms with Crippen LogP contribution in [-0.4, -0.2) is 35.3 Å². The Bertz CT molecular complexity index is 351. The molecule has 1 aliphatic heterocycles. The maximum atomic E-state index is 12.6. The van der Waals surface area contributed by atoms with Gasteiger partial charge in [-0.3, -0.25) is 9.59 Å². The van der Waals surface area contributed by atoms with E-state index >= 15 is 0 Å². The van der Waals surface area contributed by atoms with E-state index in [0.29, 0.717) is 0 Å². The molecule has 104 valence electrons. The first-order chi connectivity index (χ1) is 8.24. The molecule has 1 saturated heterocycles. The highest BCUT2D eigenvalue weighted by Crippen LogP contribution is 2.32. The van der Waals surface area contributed by atoms with Gasteiger partial charge < -0.3 is 16.4 Å². The molecular formula is C11H19F2N3O2. The molecule has 1 fully saturated rings. The molecule has 1 heterocycles. The average Bonchev–Trinajstić information content (AvgIpc) is 2.69. The van der Waals surface area contributed by atoms with Crippen LogP contribution in [0.25, 0.3) is 0 Å². The lowest BCUT2D eigenvalue weighted by Gasteiger charge is -2.35. The summed E-state index contributed by atoms with van der Waals surface area (Å²) < 4.78 is 25.2. The maximum Gasteiger partial charge on any atom is 0.258 e. The number of nitrogens with two attached hydrogens (primary N) is 2. The number of rotatable bonds is 5. The highest BCUT2D eigenvalue weighted by molar-refractivity contribution is 5.90. The van der Waals surface area contributed by atoms with Crippen LogP contribution in [0.2, 0.25) is 0 Å². The first-order valence-electron chi connectivity index (χ1n) is 5.91. The minimum absolute atomic E-state index is 0.0161. The predicted molar refractivity (Wildman–Crippen MR) is 61.4 cm³/mol. The number of hydrogen-bond acceptors (Lipinski definition) is 3. The molecule has 0 aliphatic carbocycles. The lowest BCUT2D eigenvalue weighted by atomic mass is 9.93. The van der Waals surface area contributed by atoms with Crippen molar-refractivity contribution in [2.75, 3.05) is 6.54 Å². The van der Waals surface area contributed by atoms with Crippen molar-refractivity contribution in [2.24, 2.45) is 23.3 Å². The summed E-state index contributed by atoms with van der Waals surface area (Å²) in [5.74, 6) is -2.61. The Morgan fingerprint density at radius 3 is 2.56 bits per heavy atom. The summed E-state index contributed by atoms with van der Waals surface area (Å²) in [6, 6.07) is 0. The van der Waals surface area contributed by atoms with Gasteiger partial charge in [0.25, 0.3) is 5.91 Å². The number of nitrogens with zero attached hydrogens (tertiary/aromatic N) is 1. The van der Waals surface area contributed by atoms with E-state index in [2.05, 4.69) is 0 Å². The van der Waals surface area contributed by atoms with Crippen LogP contribution in [0.1, 0.15) is 26.7 Å². The van der Waals surface area contributed by atoms with Gasteiger partial charge in [0.15, 0.2) is 5.66 Å². The van der Waals surface area contributed by atoms with Crippen LogP contribution in [-0.2, 0) is 9.59 Å². The van der Waals surface area contributed by atoms with Crippen molar-refractivity contribution in [2.45, 2.75) is 38.8 Å². The zero-order chi connectivity index (χ0) is 14.1. The lowest BCUT2D eigenvalue weighted by Crippen LogP contribution is -2.64. The van der Waals surface area contributed by atoms with Gasteiger partial charge >= 0.3 is 0 Å². The summed E-state index contributed by atoms with van der Waals surface area (Å²) in [5.41, 5.74) is 9.44. The number of carbonyl (C=O) groups is 2. The highest BCUT2D eigenvalue weighted by atomic mass is 19.3. The summed E-state index contributed by atoms with van der Waals surface area (Å²) in [6.45, 7) is 3.07. The lowest BCUT2D eigenvalue weighted by molar-refractivity contribution is -0.143. The molecule has 3 unspecified atom stereocenters. The monoisotopic (exact) mass is 263 g/mol. The van der Waals surface area contributed by atoms with Gasteiger partial charge in [-0.1, -0.05) is 13.8 Å². The Hall–Kier alpha value is -1.24. The van der Waals surface area contributed by atoms with Crippen LogP contribution in [0.5, 0.6) is 0 Å². The Morgan fingerprint density at radius 1 is 1.61 bits per heavy atom. The molecule has 0 saturated carbocycles. The molecular weight excluding hydrogens is 244 g/mol. The molecule has 2 amide bonds. The van der Waals surface area contributed by atoms with Gasteiger partial charge in [-0.2, -0.15) is 0 Å². The molecule has 0 bridgehead atoms. The molecule has 0 aromatic carbocycles. The Kier molecular flexibility index (Phi) is 4.26. The highest BCUT2D eigenvalue weighted by Gasteiger charge is 2.47. The first kappa shape index (κ1) is 14.8. The van der Waals surface area contributed by atoms with Crippen molar-refractivity contribution in [3.63, 3.8) is 0 Å². The van der Waals surface area contributed by atoms with Crippen LogP contribution < -0.4 is 11.5 Å². The number of amides is 2. The molecule has 18 heavy (non-hydrogen) atoms. The predicted octanol–water partition coefficient (Wildman–Crippen LogP) is 0.286. The summed E-state index contributed by atoms with van der Waals surface area (Å²) in [7, 11) is 0. The second-order valence-electron chi connectivity index (χ2n) is 4.80. The van der Waals surface area contributed by atoms with Crippen molar-refractivity contribution in [1.82, 2.24) is 4.90 Å². The van der Waals surface area contributed by atoms with Gasteiger partial charge in [-0.15, -0.1) is 0 Å². The van der Waals surface area contributed by atoms with Crippen LogP contribution in [0.15, 0.2) is 0 Å². The van der Waals surface area contributed by atoms with Gasteiger partial charge in [-0.05, 0) is 12.3 Å². The van der Waals surface area contributed by atoms with Gasteiger partial charge in [0, 0.05) is 18.9 Å². The maximum absolute atomic E-state index is 12.6. The fourth-order valence-electron chi connectivity index (χ4n) is 2.18. The number of hydrogen-bond donors (Lipinski definition) is 2. The van der Waals surface area contributed by atoms with Crippen molar-refractivity contribution >= 4 is 11.8 Å². The molecule has 4 N–H and O–H groups in total. The zero-order valence-corrected chi connectivity index (χ0v) is 10.5. The van der Waals surface area contributed by atoms with Gasteiger partial charge in [0.1, 0.15) is 0 Å². The SMILES string of the molecule is CCC(N)(C(N)=O)N1CC(C(C)C(F)F)CC1=O. The minimum atomic E-state index is -2.50. The first-order valence-corrected chi connectivity index (χ1v) is 5.91. The molecule has 3 atom stereocenters. The smallest absolute Gasteiger partial charge is 0.258 e. The van der Waals surface area contributed by atoms with Crippen LogP contribution in [0, 0.1) is 11.8 Å². The van der Waals surface area contributed by atoms with Gasteiger partial charge in [0.2, 0.25) is 12.3 Å². The van der Waals surface area contributed by atoms with Crippen molar-refractivity contribution in [1.29, 1.82) is 0 Å². The summed E-state index contributed by atoms with van der Waals surface area (Å²) in [6.07, 6.45) is -2.35. The average molecular weight is 263 g/mol.